The van der Waals surface area contributed by atoms with Crippen LogP contribution in [0.25, 0.3) is 0 Å². The topological polar surface area (TPSA) is 59.9 Å². The van der Waals surface area contributed by atoms with Gasteiger partial charge in [-0.15, -0.1) is 11.8 Å². The van der Waals surface area contributed by atoms with Gasteiger partial charge in [0.15, 0.2) is 11.5 Å². The first kappa shape index (κ1) is 20.1. The number of nitrogens with one attached hydrogen (secondary N) is 1. The SMILES string of the molecule is COc1ccc(/C(C)=N\NC(=O)CSCc2ccccc2Cl)cc1OC. The van der Waals surface area contributed by atoms with Gasteiger partial charge < -0.3 is 9.47 Å². The number of ether oxygens (including phenoxy) is 2. The van der Waals surface area contributed by atoms with Crippen LogP contribution >= 0.6 is 23.4 Å². The number of carbonyl (C=O) groups excluding carboxylic acids is 1. The zero-order valence-electron chi connectivity index (χ0n) is 14.9. The van der Waals surface area contributed by atoms with E-state index in [2.05, 4.69) is 10.5 Å². The molecule has 1 amide bonds. The molecule has 0 spiro atoms. The lowest BCUT2D eigenvalue weighted by molar-refractivity contribution is -0.118. The van der Waals surface area contributed by atoms with Crippen LogP contribution in [0.5, 0.6) is 11.5 Å². The Hall–Kier alpha value is -2.18. The molecule has 0 aliphatic heterocycles. The summed E-state index contributed by atoms with van der Waals surface area (Å²) in [6.45, 7) is 1.82. The lowest BCUT2D eigenvalue weighted by atomic mass is 10.1. The van der Waals surface area contributed by atoms with Crippen molar-refractivity contribution in [1.82, 2.24) is 5.43 Å². The Balaban J connectivity index is 1.88. The van der Waals surface area contributed by atoms with Crippen LogP contribution in [-0.2, 0) is 10.5 Å². The molecule has 138 valence electrons. The lowest BCUT2D eigenvalue weighted by Gasteiger charge is -2.09. The van der Waals surface area contributed by atoms with Crippen molar-refractivity contribution in [3.05, 3.63) is 58.6 Å². The Kier molecular flexibility index (Phi) is 7.81. The van der Waals surface area contributed by atoms with Crippen LogP contribution in [0, 0.1) is 0 Å². The van der Waals surface area contributed by atoms with Crippen LogP contribution in [0.2, 0.25) is 5.02 Å². The fourth-order valence-electron chi connectivity index (χ4n) is 2.17. The minimum absolute atomic E-state index is 0.165. The molecule has 0 heterocycles. The van der Waals surface area contributed by atoms with Gasteiger partial charge in [0.1, 0.15) is 0 Å². The van der Waals surface area contributed by atoms with Gasteiger partial charge in [-0.1, -0.05) is 29.8 Å². The van der Waals surface area contributed by atoms with Crippen molar-refractivity contribution < 1.29 is 14.3 Å². The van der Waals surface area contributed by atoms with Gasteiger partial charge >= 0.3 is 0 Å². The van der Waals surface area contributed by atoms with Crippen molar-refractivity contribution in [2.24, 2.45) is 5.10 Å². The fourth-order valence-corrected chi connectivity index (χ4v) is 3.28. The Morgan fingerprint density at radius 2 is 1.88 bits per heavy atom. The molecule has 0 aliphatic rings. The summed E-state index contributed by atoms with van der Waals surface area (Å²) in [6.07, 6.45) is 0. The number of benzene rings is 2. The zero-order valence-corrected chi connectivity index (χ0v) is 16.5. The minimum atomic E-state index is -0.165. The predicted octanol–water partition coefficient (Wildman–Crippen LogP) is 4.13. The molecule has 1 N–H and O–H groups in total. The van der Waals surface area contributed by atoms with E-state index in [1.165, 1.54) is 11.8 Å². The molecule has 5 nitrogen and oxygen atoms in total. The molecule has 2 aromatic rings. The van der Waals surface area contributed by atoms with Crippen LogP contribution in [0.4, 0.5) is 0 Å². The number of hydrogen-bond donors (Lipinski definition) is 1. The van der Waals surface area contributed by atoms with Crippen molar-refractivity contribution in [1.29, 1.82) is 0 Å². The van der Waals surface area contributed by atoms with Crippen molar-refractivity contribution in [2.75, 3.05) is 20.0 Å². The van der Waals surface area contributed by atoms with E-state index in [-0.39, 0.29) is 5.91 Å². The van der Waals surface area contributed by atoms with E-state index in [0.717, 1.165) is 11.1 Å². The molecule has 0 saturated heterocycles. The molecule has 7 heteroatoms. The Bertz CT molecular complexity index is 796. The second-order valence-electron chi connectivity index (χ2n) is 5.39. The Morgan fingerprint density at radius 1 is 1.15 bits per heavy atom. The third kappa shape index (κ3) is 5.68. The summed E-state index contributed by atoms with van der Waals surface area (Å²) in [5.74, 6) is 2.06. The van der Waals surface area contributed by atoms with Crippen LogP contribution in [0.15, 0.2) is 47.6 Å². The Morgan fingerprint density at radius 3 is 2.58 bits per heavy atom. The summed E-state index contributed by atoms with van der Waals surface area (Å²) < 4.78 is 10.5. The highest BCUT2D eigenvalue weighted by Crippen LogP contribution is 2.27. The number of hydrogen-bond acceptors (Lipinski definition) is 5. The molecule has 0 atom stereocenters. The number of nitrogens with zero attached hydrogens (tertiary/aromatic N) is 1. The Labute approximate surface area is 162 Å². The van der Waals surface area contributed by atoms with E-state index >= 15 is 0 Å². The molecule has 0 radical (unpaired) electrons. The second-order valence-corrected chi connectivity index (χ2v) is 6.78. The van der Waals surface area contributed by atoms with Crippen molar-refractivity contribution in [3.8, 4) is 11.5 Å². The van der Waals surface area contributed by atoms with Crippen molar-refractivity contribution in [3.63, 3.8) is 0 Å². The lowest BCUT2D eigenvalue weighted by Crippen LogP contribution is -2.21. The number of thioether (sulfide) groups is 1. The second kappa shape index (κ2) is 10.1. The smallest absolute Gasteiger partial charge is 0.250 e. The number of rotatable bonds is 8. The van der Waals surface area contributed by atoms with Gasteiger partial charge in [0.25, 0.3) is 0 Å². The third-order valence-electron chi connectivity index (χ3n) is 3.60. The molecule has 2 rings (SSSR count). The van der Waals surface area contributed by atoms with Crippen LogP contribution < -0.4 is 14.9 Å². The molecule has 2 aromatic carbocycles. The van der Waals surface area contributed by atoms with E-state index in [4.69, 9.17) is 21.1 Å². The predicted molar refractivity (Wildman–Crippen MR) is 108 cm³/mol. The molecule has 0 aliphatic carbocycles. The maximum Gasteiger partial charge on any atom is 0.250 e. The first-order chi connectivity index (χ1) is 12.5. The van der Waals surface area contributed by atoms with Gasteiger partial charge in [-0.25, -0.2) is 5.43 Å². The third-order valence-corrected chi connectivity index (χ3v) is 4.95. The number of amides is 1. The fraction of sp³-hybridized carbons (Fsp3) is 0.263. The van der Waals surface area contributed by atoms with E-state index in [0.29, 0.717) is 33.7 Å². The monoisotopic (exact) mass is 392 g/mol. The maximum atomic E-state index is 12.0. The number of halogens is 1. The molecule has 0 fully saturated rings. The van der Waals surface area contributed by atoms with Gasteiger partial charge in [-0.05, 0) is 36.8 Å². The first-order valence-electron chi connectivity index (χ1n) is 7.91. The maximum absolute atomic E-state index is 12.0. The standard InChI is InChI=1S/C19H21ClN2O3S/c1-13(14-8-9-17(24-2)18(10-14)25-3)21-22-19(23)12-26-11-15-6-4-5-7-16(15)20/h4-10H,11-12H2,1-3H3,(H,22,23)/b21-13-. The molecule has 26 heavy (non-hydrogen) atoms. The summed E-state index contributed by atoms with van der Waals surface area (Å²) >= 11 is 7.59. The number of carbonyl (C=O) groups is 1. The molecule has 0 bridgehead atoms. The number of hydrazone groups is 1. The molecule has 0 unspecified atom stereocenters. The van der Waals surface area contributed by atoms with Crippen molar-refractivity contribution in [2.45, 2.75) is 12.7 Å². The van der Waals surface area contributed by atoms with Gasteiger partial charge in [-0.2, -0.15) is 5.10 Å². The van der Waals surface area contributed by atoms with Crippen LogP contribution in [0.3, 0.4) is 0 Å². The van der Waals surface area contributed by atoms with Gasteiger partial charge in [0.2, 0.25) is 5.91 Å². The largest absolute Gasteiger partial charge is 0.493 e. The van der Waals surface area contributed by atoms with E-state index in [9.17, 15) is 4.79 Å². The van der Waals surface area contributed by atoms with Crippen LogP contribution in [-0.4, -0.2) is 31.6 Å². The first-order valence-corrected chi connectivity index (χ1v) is 9.45. The van der Waals surface area contributed by atoms with Crippen LogP contribution in [0.1, 0.15) is 18.1 Å². The summed E-state index contributed by atoms with van der Waals surface area (Å²) in [5.41, 5.74) is 5.10. The van der Waals surface area contributed by atoms with Gasteiger partial charge in [-0.3, -0.25) is 4.79 Å². The van der Waals surface area contributed by atoms with Gasteiger partial charge in [0.05, 0.1) is 25.7 Å². The highest BCUT2D eigenvalue weighted by molar-refractivity contribution is 7.99. The highest BCUT2D eigenvalue weighted by atomic mass is 35.5. The molecular formula is C19H21ClN2O3S. The van der Waals surface area contributed by atoms with E-state index in [1.807, 2.05) is 43.3 Å². The summed E-state index contributed by atoms with van der Waals surface area (Å²) in [5, 5.41) is 4.86. The summed E-state index contributed by atoms with van der Waals surface area (Å²) in [7, 11) is 3.16. The van der Waals surface area contributed by atoms with E-state index in [1.54, 1.807) is 20.3 Å². The molecular weight excluding hydrogens is 372 g/mol. The summed E-state index contributed by atoms with van der Waals surface area (Å²) in [4.78, 5) is 12.0. The van der Waals surface area contributed by atoms with Crippen molar-refractivity contribution >= 4 is 35.0 Å². The highest BCUT2D eigenvalue weighted by Gasteiger charge is 2.08. The molecule has 0 aromatic heterocycles. The zero-order chi connectivity index (χ0) is 18.9. The average Bonchev–Trinajstić information content (AvgIpc) is 2.67. The normalized spacial score (nSPS) is 11.2. The quantitative estimate of drug-likeness (QED) is 0.542. The molecule has 0 saturated carbocycles. The minimum Gasteiger partial charge on any atom is -0.493 e. The van der Waals surface area contributed by atoms with Gasteiger partial charge in [0, 0.05) is 16.3 Å². The summed E-state index contributed by atoms with van der Waals surface area (Å²) in [6, 6.07) is 13.1. The number of methoxy groups -OCH3 is 2. The average molecular weight is 393 g/mol. The van der Waals surface area contributed by atoms with E-state index < -0.39 is 0 Å².